The molecule has 4 heteroatoms. The molecule has 0 aliphatic carbocycles. The highest BCUT2D eigenvalue weighted by atomic mass is 16.5. The molecule has 0 radical (unpaired) electrons. The van der Waals surface area contributed by atoms with Crippen LogP contribution in [0.1, 0.15) is 33.1 Å². The van der Waals surface area contributed by atoms with E-state index in [9.17, 15) is 4.79 Å². The molecular formula is C13H26N2O2. The van der Waals surface area contributed by atoms with E-state index in [-0.39, 0.29) is 11.3 Å². The zero-order chi connectivity index (χ0) is 12.7. The van der Waals surface area contributed by atoms with Crippen molar-refractivity contribution in [1.82, 2.24) is 10.6 Å². The van der Waals surface area contributed by atoms with Crippen molar-refractivity contribution in [2.75, 3.05) is 33.4 Å². The maximum absolute atomic E-state index is 12.3. The molecule has 1 fully saturated rings. The van der Waals surface area contributed by atoms with Gasteiger partial charge in [0.15, 0.2) is 0 Å². The van der Waals surface area contributed by atoms with Crippen LogP contribution in [0.4, 0.5) is 0 Å². The van der Waals surface area contributed by atoms with Crippen molar-refractivity contribution in [3.63, 3.8) is 0 Å². The number of carbonyl (C=O) groups excluding carboxylic acids is 1. The minimum atomic E-state index is -0.189. The number of ether oxygens (including phenoxy) is 1. The van der Waals surface area contributed by atoms with Crippen molar-refractivity contribution in [2.24, 2.45) is 11.3 Å². The fourth-order valence-electron chi connectivity index (χ4n) is 2.42. The first-order chi connectivity index (χ1) is 8.14. The van der Waals surface area contributed by atoms with Crippen molar-refractivity contribution in [3.8, 4) is 0 Å². The highest BCUT2D eigenvalue weighted by Crippen LogP contribution is 2.30. The van der Waals surface area contributed by atoms with Gasteiger partial charge in [0.1, 0.15) is 0 Å². The molecule has 0 saturated carbocycles. The molecule has 1 heterocycles. The molecule has 4 nitrogen and oxygen atoms in total. The summed E-state index contributed by atoms with van der Waals surface area (Å²) in [6.07, 6.45) is 3.00. The second-order valence-electron chi connectivity index (χ2n) is 5.18. The maximum atomic E-state index is 12.3. The van der Waals surface area contributed by atoms with Crippen LogP contribution in [-0.2, 0) is 9.53 Å². The number of hydrogen-bond acceptors (Lipinski definition) is 3. The third kappa shape index (κ3) is 3.96. The minimum absolute atomic E-state index is 0.189. The van der Waals surface area contributed by atoms with Gasteiger partial charge in [-0.2, -0.15) is 0 Å². The Morgan fingerprint density at radius 1 is 1.59 bits per heavy atom. The second-order valence-corrected chi connectivity index (χ2v) is 5.18. The predicted molar refractivity (Wildman–Crippen MR) is 68.9 cm³/mol. The number of piperidine rings is 1. The minimum Gasteiger partial charge on any atom is -0.384 e. The first-order valence-electron chi connectivity index (χ1n) is 6.62. The van der Waals surface area contributed by atoms with E-state index in [1.54, 1.807) is 7.11 Å². The van der Waals surface area contributed by atoms with Crippen LogP contribution in [0.15, 0.2) is 0 Å². The molecule has 1 rings (SSSR count). The van der Waals surface area contributed by atoms with E-state index < -0.39 is 0 Å². The van der Waals surface area contributed by atoms with Crippen LogP contribution in [0, 0.1) is 11.3 Å². The number of methoxy groups -OCH3 is 1. The zero-order valence-electron chi connectivity index (χ0n) is 11.3. The van der Waals surface area contributed by atoms with Gasteiger partial charge in [0.2, 0.25) is 5.91 Å². The number of rotatable bonds is 6. The van der Waals surface area contributed by atoms with Crippen LogP contribution >= 0.6 is 0 Å². The SMILES string of the molecule is CCC1(C(=O)NCC(C)COC)CCCNC1. The van der Waals surface area contributed by atoms with Crippen LogP contribution in [0.2, 0.25) is 0 Å². The largest absolute Gasteiger partial charge is 0.384 e. The van der Waals surface area contributed by atoms with Gasteiger partial charge in [0, 0.05) is 20.2 Å². The highest BCUT2D eigenvalue weighted by Gasteiger charge is 2.37. The van der Waals surface area contributed by atoms with Crippen molar-refractivity contribution in [1.29, 1.82) is 0 Å². The summed E-state index contributed by atoms with van der Waals surface area (Å²) in [6.45, 7) is 7.43. The fraction of sp³-hybridized carbons (Fsp3) is 0.923. The Labute approximate surface area is 104 Å². The van der Waals surface area contributed by atoms with E-state index in [4.69, 9.17) is 4.74 Å². The second kappa shape index (κ2) is 6.97. The smallest absolute Gasteiger partial charge is 0.227 e. The first kappa shape index (κ1) is 14.5. The molecule has 2 unspecified atom stereocenters. The average molecular weight is 242 g/mol. The van der Waals surface area contributed by atoms with Gasteiger partial charge in [-0.05, 0) is 31.7 Å². The molecule has 2 atom stereocenters. The lowest BCUT2D eigenvalue weighted by Crippen LogP contribution is -2.51. The van der Waals surface area contributed by atoms with Gasteiger partial charge in [0.05, 0.1) is 12.0 Å². The molecule has 0 aromatic rings. The van der Waals surface area contributed by atoms with Crippen LogP contribution in [-0.4, -0.2) is 39.3 Å². The van der Waals surface area contributed by atoms with E-state index in [2.05, 4.69) is 24.5 Å². The molecule has 0 bridgehead atoms. The van der Waals surface area contributed by atoms with Crippen LogP contribution in [0.25, 0.3) is 0 Å². The first-order valence-corrected chi connectivity index (χ1v) is 6.62. The van der Waals surface area contributed by atoms with Gasteiger partial charge in [0.25, 0.3) is 0 Å². The molecule has 0 aromatic heterocycles. The lowest BCUT2D eigenvalue weighted by molar-refractivity contribution is -0.132. The molecule has 2 N–H and O–H groups in total. The van der Waals surface area contributed by atoms with Crippen LogP contribution < -0.4 is 10.6 Å². The number of nitrogens with one attached hydrogen (secondary N) is 2. The van der Waals surface area contributed by atoms with Crippen molar-refractivity contribution in [2.45, 2.75) is 33.1 Å². The van der Waals surface area contributed by atoms with E-state index in [0.29, 0.717) is 19.1 Å². The molecule has 17 heavy (non-hydrogen) atoms. The van der Waals surface area contributed by atoms with Gasteiger partial charge >= 0.3 is 0 Å². The third-order valence-electron chi connectivity index (χ3n) is 3.69. The number of hydrogen-bond donors (Lipinski definition) is 2. The summed E-state index contributed by atoms with van der Waals surface area (Å²) >= 11 is 0. The number of amides is 1. The lowest BCUT2D eigenvalue weighted by Gasteiger charge is -2.35. The maximum Gasteiger partial charge on any atom is 0.227 e. The Kier molecular flexibility index (Phi) is 5.92. The molecule has 0 spiro atoms. The molecule has 1 amide bonds. The van der Waals surface area contributed by atoms with Crippen LogP contribution in [0.3, 0.4) is 0 Å². The standard InChI is InChI=1S/C13H26N2O2/c1-4-13(6-5-7-14-10-13)12(16)15-8-11(2)9-17-3/h11,14H,4-10H2,1-3H3,(H,15,16). The molecule has 1 aliphatic rings. The summed E-state index contributed by atoms with van der Waals surface area (Å²) in [5.41, 5.74) is -0.189. The van der Waals surface area contributed by atoms with Gasteiger partial charge in [-0.3, -0.25) is 4.79 Å². The van der Waals surface area contributed by atoms with Crippen molar-refractivity contribution >= 4 is 5.91 Å². The average Bonchev–Trinajstić information content (AvgIpc) is 2.37. The molecular weight excluding hydrogens is 216 g/mol. The Morgan fingerprint density at radius 2 is 2.35 bits per heavy atom. The van der Waals surface area contributed by atoms with Crippen LogP contribution in [0.5, 0.6) is 0 Å². The Bertz CT molecular complexity index is 238. The summed E-state index contributed by atoms with van der Waals surface area (Å²) in [4.78, 5) is 12.3. The van der Waals surface area contributed by atoms with Crippen molar-refractivity contribution in [3.05, 3.63) is 0 Å². The highest BCUT2D eigenvalue weighted by molar-refractivity contribution is 5.83. The monoisotopic (exact) mass is 242 g/mol. The lowest BCUT2D eigenvalue weighted by atomic mass is 9.77. The Morgan fingerprint density at radius 3 is 2.88 bits per heavy atom. The van der Waals surface area contributed by atoms with Gasteiger partial charge in [-0.25, -0.2) is 0 Å². The predicted octanol–water partition coefficient (Wildman–Crippen LogP) is 1.16. The van der Waals surface area contributed by atoms with E-state index in [1.165, 1.54) is 0 Å². The van der Waals surface area contributed by atoms with Gasteiger partial charge < -0.3 is 15.4 Å². The summed E-state index contributed by atoms with van der Waals surface area (Å²) < 4.78 is 5.07. The molecule has 1 aliphatic heterocycles. The molecule has 100 valence electrons. The van der Waals surface area contributed by atoms with E-state index >= 15 is 0 Å². The molecule has 1 saturated heterocycles. The quantitative estimate of drug-likeness (QED) is 0.735. The summed E-state index contributed by atoms with van der Waals surface area (Å²) in [5, 5.41) is 6.40. The molecule has 0 aromatic carbocycles. The fourth-order valence-corrected chi connectivity index (χ4v) is 2.42. The summed E-state index contributed by atoms with van der Waals surface area (Å²) in [6, 6.07) is 0. The Hall–Kier alpha value is -0.610. The van der Waals surface area contributed by atoms with E-state index in [0.717, 1.165) is 32.4 Å². The summed E-state index contributed by atoms with van der Waals surface area (Å²) in [5.74, 6) is 0.574. The zero-order valence-corrected chi connectivity index (χ0v) is 11.3. The normalized spacial score (nSPS) is 26.5. The Balaban J connectivity index is 2.43. The van der Waals surface area contributed by atoms with Gasteiger partial charge in [-0.15, -0.1) is 0 Å². The topological polar surface area (TPSA) is 50.4 Å². The van der Waals surface area contributed by atoms with Crippen molar-refractivity contribution < 1.29 is 9.53 Å². The number of carbonyl (C=O) groups is 1. The van der Waals surface area contributed by atoms with Gasteiger partial charge in [-0.1, -0.05) is 13.8 Å². The van der Waals surface area contributed by atoms with E-state index in [1.807, 2.05) is 0 Å². The summed E-state index contributed by atoms with van der Waals surface area (Å²) in [7, 11) is 1.69. The third-order valence-corrected chi connectivity index (χ3v) is 3.69.